The van der Waals surface area contributed by atoms with Crippen LogP contribution in [0.15, 0.2) is 41.9 Å². The van der Waals surface area contributed by atoms with Gasteiger partial charge in [-0.25, -0.2) is 15.2 Å². The van der Waals surface area contributed by atoms with Crippen molar-refractivity contribution in [3.05, 3.63) is 58.2 Å². The van der Waals surface area contributed by atoms with E-state index in [1.165, 1.54) is 33.3 Å². The highest BCUT2D eigenvalue weighted by Crippen LogP contribution is 2.42. The van der Waals surface area contributed by atoms with Gasteiger partial charge in [0, 0.05) is 87.5 Å². The molecule has 1 fully saturated rings. The van der Waals surface area contributed by atoms with Crippen LogP contribution >= 0.6 is 11.3 Å². The van der Waals surface area contributed by atoms with Crippen LogP contribution in [-0.4, -0.2) is 120 Å². The lowest BCUT2D eigenvalue weighted by Crippen LogP contribution is -2.63. The highest BCUT2D eigenvalue weighted by Gasteiger charge is 2.42. The van der Waals surface area contributed by atoms with E-state index in [1.54, 1.807) is 34.4 Å². The first-order valence-electron chi connectivity index (χ1n) is 20.6. The molecule has 1 saturated heterocycles. The van der Waals surface area contributed by atoms with E-state index in [9.17, 15) is 19.2 Å². The Morgan fingerprint density at radius 1 is 1.13 bits per heavy atom. The molecule has 0 spiro atoms. The summed E-state index contributed by atoms with van der Waals surface area (Å²) in [5.74, 6) is -1.80. The molecule has 5 heterocycles. The van der Waals surface area contributed by atoms with Crippen molar-refractivity contribution in [2.75, 3.05) is 48.5 Å². The molecular weight excluding hydrogens is 785 g/mol. The first-order chi connectivity index (χ1) is 28.5. The Labute approximate surface area is 356 Å². The van der Waals surface area contributed by atoms with E-state index in [4.69, 9.17) is 24.2 Å². The summed E-state index contributed by atoms with van der Waals surface area (Å²) in [6.07, 6.45) is 2.05. The molecule has 0 unspecified atom stereocenters. The van der Waals surface area contributed by atoms with Crippen molar-refractivity contribution >= 4 is 46.1 Å². The molecule has 324 valence electrons. The minimum absolute atomic E-state index is 0.125. The number of carbonyl (C=O) groups excluding carboxylic acids is 4. The zero-order chi connectivity index (χ0) is 43.6. The molecular formula is C44H60N8O7S. The van der Waals surface area contributed by atoms with Crippen LogP contribution in [0.1, 0.15) is 82.9 Å². The van der Waals surface area contributed by atoms with Gasteiger partial charge in [0.2, 0.25) is 5.91 Å². The van der Waals surface area contributed by atoms with Crippen LogP contribution in [0.5, 0.6) is 0 Å². The predicted octanol–water partition coefficient (Wildman–Crippen LogP) is 5.99. The zero-order valence-corrected chi connectivity index (χ0v) is 37.5. The Morgan fingerprint density at radius 2 is 1.88 bits per heavy atom. The third-order valence-corrected chi connectivity index (χ3v) is 12.4. The van der Waals surface area contributed by atoms with Gasteiger partial charge in [0.05, 0.1) is 29.8 Å². The number of aromatic nitrogens is 3. The minimum Gasteiger partial charge on any atom is -0.464 e. The Morgan fingerprint density at radius 3 is 2.55 bits per heavy atom. The van der Waals surface area contributed by atoms with E-state index >= 15 is 0 Å². The number of urea groups is 1. The second-order valence-corrected chi connectivity index (χ2v) is 18.0. The molecule has 0 aliphatic carbocycles. The quantitative estimate of drug-likeness (QED) is 0.192. The number of pyridine rings is 1. The number of benzene rings is 1. The molecule has 3 aromatic heterocycles. The maximum absolute atomic E-state index is 14.7. The van der Waals surface area contributed by atoms with Gasteiger partial charge in [-0.3, -0.25) is 24.4 Å². The summed E-state index contributed by atoms with van der Waals surface area (Å²) in [7, 11) is 7.96. The van der Waals surface area contributed by atoms with Gasteiger partial charge in [0.1, 0.15) is 29.2 Å². The van der Waals surface area contributed by atoms with Crippen LogP contribution in [0.3, 0.4) is 0 Å². The number of hydrogen-bond donors (Lipinski definition) is 2. The van der Waals surface area contributed by atoms with Crippen LogP contribution in [0, 0.1) is 11.3 Å². The number of cyclic esters (lactones) is 1. The van der Waals surface area contributed by atoms with Crippen LogP contribution in [0.25, 0.3) is 33.4 Å². The molecule has 15 nitrogen and oxygen atoms in total. The van der Waals surface area contributed by atoms with Gasteiger partial charge < -0.3 is 33.9 Å². The number of esters is 1. The highest BCUT2D eigenvalue weighted by molar-refractivity contribution is 7.10. The number of hydrazine groups is 1. The summed E-state index contributed by atoms with van der Waals surface area (Å²) < 4.78 is 20.3. The van der Waals surface area contributed by atoms with Crippen LogP contribution in [0.4, 0.5) is 4.79 Å². The first-order valence-corrected chi connectivity index (χ1v) is 21.5. The lowest BCUT2D eigenvalue weighted by atomic mass is 9.84. The zero-order valence-electron chi connectivity index (χ0n) is 36.7. The third kappa shape index (κ3) is 8.92. The molecule has 4 amide bonds. The first kappa shape index (κ1) is 44.6. The van der Waals surface area contributed by atoms with Crippen molar-refractivity contribution in [3.8, 4) is 22.5 Å². The van der Waals surface area contributed by atoms with Gasteiger partial charge in [-0.2, -0.15) is 0 Å². The van der Waals surface area contributed by atoms with Crippen molar-refractivity contribution < 1.29 is 33.4 Å². The van der Waals surface area contributed by atoms with Gasteiger partial charge >= 0.3 is 12.0 Å². The van der Waals surface area contributed by atoms with Gasteiger partial charge in [0.25, 0.3) is 5.91 Å². The van der Waals surface area contributed by atoms with E-state index in [1.807, 2.05) is 38.3 Å². The normalized spacial score (nSPS) is 20.7. The van der Waals surface area contributed by atoms with Crippen LogP contribution in [-0.2, 0) is 41.6 Å². The summed E-state index contributed by atoms with van der Waals surface area (Å²) in [4.78, 5) is 68.5. The molecule has 2 aliphatic heterocycles. The molecule has 6 bridgehead atoms. The molecule has 5 atom stereocenters. The fraction of sp³-hybridized carbons (Fsp3) is 0.545. The highest BCUT2D eigenvalue weighted by atomic mass is 32.1. The van der Waals surface area contributed by atoms with Crippen LogP contribution in [0.2, 0.25) is 0 Å². The number of carbonyl (C=O) groups is 4. The second-order valence-electron chi connectivity index (χ2n) is 17.1. The van der Waals surface area contributed by atoms with Crippen molar-refractivity contribution in [2.24, 2.45) is 11.3 Å². The number of aryl methyl sites for hydroxylation is 1. The SMILES string of the molecule is CCn1c(-c2cccnc2[C@H](C)OC)c2c3cc(ccc31)-c1csc(n1)[C@@H](OC)[C@H](NC(=O)[C@H](C(C)C)N(C)C(=O)N(C)C)C(=O)N1CCC[C@H](N1)C(=O)OCC(C)(C)C2. The average Bonchev–Trinajstić information content (AvgIpc) is 3.84. The molecule has 2 N–H and O–H groups in total. The second kappa shape index (κ2) is 18.4. The smallest absolute Gasteiger partial charge is 0.324 e. The number of methoxy groups -OCH3 is 2. The van der Waals surface area contributed by atoms with Gasteiger partial charge in [0.15, 0.2) is 0 Å². The van der Waals surface area contributed by atoms with Crippen molar-refractivity contribution in [3.63, 3.8) is 0 Å². The molecule has 4 aromatic rings. The van der Waals surface area contributed by atoms with E-state index in [2.05, 4.69) is 54.3 Å². The maximum atomic E-state index is 14.7. The van der Waals surface area contributed by atoms with E-state index in [-0.39, 0.29) is 31.2 Å². The van der Waals surface area contributed by atoms with Crippen molar-refractivity contribution in [1.29, 1.82) is 0 Å². The fourth-order valence-corrected chi connectivity index (χ4v) is 9.37. The molecule has 0 saturated carbocycles. The number of rotatable bonds is 9. The summed E-state index contributed by atoms with van der Waals surface area (Å²) in [6, 6.07) is 6.99. The summed E-state index contributed by atoms with van der Waals surface area (Å²) in [5, 5.41) is 7.78. The molecule has 16 heteroatoms. The summed E-state index contributed by atoms with van der Waals surface area (Å²) in [5.41, 5.74) is 9.10. The summed E-state index contributed by atoms with van der Waals surface area (Å²) in [6.45, 7) is 13.1. The maximum Gasteiger partial charge on any atom is 0.324 e. The van der Waals surface area contributed by atoms with Gasteiger partial charge in [-0.1, -0.05) is 33.8 Å². The monoisotopic (exact) mass is 844 g/mol. The van der Waals surface area contributed by atoms with E-state index in [0.29, 0.717) is 36.5 Å². The Kier molecular flexibility index (Phi) is 13.7. The Hall–Kier alpha value is -4.90. The largest absolute Gasteiger partial charge is 0.464 e. The van der Waals surface area contributed by atoms with Gasteiger partial charge in [-0.15, -0.1) is 11.3 Å². The number of thiazole rings is 1. The standard InChI is InChI=1S/C44H60N8O7S/c1-12-51-33-18-17-27-21-29(33)30(37(51)28-15-13-19-45-34(28)26(4)57-10)22-44(5,6)24-59-42(55)31-16-14-20-52(48-31)41(54)35(38(58-11)40-46-32(27)23-60-40)47-39(53)36(25(2)3)50(9)43(56)49(7)8/h13,15,17-19,21,23,25-26,31,35-36,38,48H,12,14,16,20,22,24H2,1-11H3,(H,47,53)/t26-,31-,35-,36-,38-/m0/s1. The molecule has 0 radical (unpaired) electrons. The fourth-order valence-electron chi connectivity index (χ4n) is 8.43. The number of amides is 4. The van der Waals surface area contributed by atoms with Crippen LogP contribution < -0.4 is 10.7 Å². The number of ether oxygens (including phenoxy) is 3. The number of fused-ring (bicyclic) bond motifs is 6. The average molecular weight is 845 g/mol. The third-order valence-electron chi connectivity index (χ3n) is 11.5. The predicted molar refractivity (Wildman–Crippen MR) is 231 cm³/mol. The molecule has 60 heavy (non-hydrogen) atoms. The van der Waals surface area contributed by atoms with E-state index < -0.39 is 47.4 Å². The number of nitrogens with zero attached hydrogens (tertiary/aromatic N) is 6. The van der Waals surface area contributed by atoms with Crippen molar-refractivity contribution in [2.45, 2.75) is 97.7 Å². The lowest BCUT2D eigenvalue weighted by Gasteiger charge is -2.38. The van der Waals surface area contributed by atoms with Gasteiger partial charge in [-0.05, 0) is 68.9 Å². The molecule has 6 rings (SSSR count). The topological polar surface area (TPSA) is 160 Å². The van der Waals surface area contributed by atoms with Crippen molar-refractivity contribution in [1.82, 2.24) is 40.1 Å². The Bertz CT molecular complexity index is 2220. The molecule has 1 aromatic carbocycles. The number of hydrogen-bond acceptors (Lipinski definition) is 11. The molecule has 2 aliphatic rings. The number of likely N-dealkylation sites (N-methyl/N-ethyl adjacent to an activating group) is 1. The Balaban J connectivity index is 1.52. The summed E-state index contributed by atoms with van der Waals surface area (Å²) >= 11 is 1.33. The number of nitrogens with one attached hydrogen (secondary N) is 2. The van der Waals surface area contributed by atoms with E-state index in [0.717, 1.165) is 39.0 Å². The lowest BCUT2D eigenvalue weighted by molar-refractivity contribution is -0.156. The minimum atomic E-state index is -1.27.